The third-order valence-corrected chi connectivity index (χ3v) is 3.07. The Bertz CT molecular complexity index is 501. The molecule has 0 spiro atoms. The lowest BCUT2D eigenvalue weighted by atomic mass is 9.81. The molecule has 0 amide bonds. The van der Waals surface area contributed by atoms with Gasteiger partial charge in [0.1, 0.15) is 0 Å². The van der Waals surface area contributed by atoms with Gasteiger partial charge in [-0.15, -0.1) is 0 Å². The SMILES string of the molecule is CC.CC.Cc1ccc(-c2ccccc2)c(C(C)(C)C)c1. The zero-order valence-corrected chi connectivity index (χ0v) is 15.1. The zero-order valence-electron chi connectivity index (χ0n) is 15.1. The van der Waals surface area contributed by atoms with Crippen LogP contribution in [0.2, 0.25) is 0 Å². The Hall–Kier alpha value is -1.56. The summed E-state index contributed by atoms with van der Waals surface area (Å²) in [6, 6.07) is 17.4. The van der Waals surface area contributed by atoms with E-state index in [1.54, 1.807) is 0 Å². The Morgan fingerprint density at radius 2 is 1.24 bits per heavy atom. The molecule has 0 aliphatic heterocycles. The van der Waals surface area contributed by atoms with E-state index in [1.807, 2.05) is 27.7 Å². The lowest BCUT2D eigenvalue weighted by Gasteiger charge is -2.23. The van der Waals surface area contributed by atoms with Crippen LogP contribution in [0.3, 0.4) is 0 Å². The molecule has 2 rings (SSSR count). The Morgan fingerprint density at radius 3 is 1.71 bits per heavy atom. The number of rotatable bonds is 1. The summed E-state index contributed by atoms with van der Waals surface area (Å²) in [7, 11) is 0. The quantitative estimate of drug-likeness (QED) is 0.528. The molecule has 0 heteroatoms. The summed E-state index contributed by atoms with van der Waals surface area (Å²) in [5, 5.41) is 0. The normalized spacial score (nSPS) is 9.90. The molecule has 0 radical (unpaired) electrons. The van der Waals surface area contributed by atoms with Crippen molar-refractivity contribution in [3.05, 3.63) is 59.7 Å². The van der Waals surface area contributed by atoms with Crippen LogP contribution in [0.1, 0.15) is 59.6 Å². The predicted molar refractivity (Wildman–Crippen MR) is 98.0 cm³/mol. The van der Waals surface area contributed by atoms with Gasteiger partial charge in [-0.1, -0.05) is 103 Å². The predicted octanol–water partition coefficient (Wildman–Crippen LogP) is 7.01. The first-order valence-electron chi connectivity index (χ1n) is 8.15. The highest BCUT2D eigenvalue weighted by Crippen LogP contribution is 2.33. The van der Waals surface area contributed by atoms with Gasteiger partial charge in [0.05, 0.1) is 0 Å². The van der Waals surface area contributed by atoms with E-state index in [0.717, 1.165) is 0 Å². The molecule has 116 valence electrons. The Kier molecular flexibility index (Phi) is 8.69. The van der Waals surface area contributed by atoms with Gasteiger partial charge in [-0.3, -0.25) is 0 Å². The second-order valence-electron chi connectivity index (χ2n) is 5.67. The third-order valence-electron chi connectivity index (χ3n) is 3.07. The first kappa shape index (κ1) is 19.4. The molecule has 0 N–H and O–H groups in total. The van der Waals surface area contributed by atoms with Crippen molar-refractivity contribution in [1.29, 1.82) is 0 Å². The maximum absolute atomic E-state index is 2.31. The largest absolute Gasteiger partial charge is 0.0683 e. The van der Waals surface area contributed by atoms with Crippen molar-refractivity contribution in [2.75, 3.05) is 0 Å². The van der Waals surface area contributed by atoms with E-state index >= 15 is 0 Å². The Labute approximate surface area is 132 Å². The molecule has 2 aromatic rings. The second-order valence-corrected chi connectivity index (χ2v) is 5.67. The summed E-state index contributed by atoms with van der Waals surface area (Å²) in [4.78, 5) is 0. The molecule has 0 saturated carbocycles. The molecule has 0 atom stereocenters. The minimum atomic E-state index is 0.178. The lowest BCUT2D eigenvalue weighted by Crippen LogP contribution is -2.13. The lowest BCUT2D eigenvalue weighted by molar-refractivity contribution is 0.591. The molecule has 0 aliphatic carbocycles. The summed E-state index contributed by atoms with van der Waals surface area (Å²) in [6.45, 7) is 17.0. The van der Waals surface area contributed by atoms with Gasteiger partial charge in [0.25, 0.3) is 0 Å². The highest BCUT2D eigenvalue weighted by Gasteiger charge is 2.18. The van der Waals surface area contributed by atoms with E-state index in [4.69, 9.17) is 0 Å². The molecule has 0 unspecified atom stereocenters. The third kappa shape index (κ3) is 5.75. The number of benzene rings is 2. The van der Waals surface area contributed by atoms with Crippen LogP contribution in [0.5, 0.6) is 0 Å². The number of aryl methyl sites for hydroxylation is 1. The minimum Gasteiger partial charge on any atom is -0.0683 e. The van der Waals surface area contributed by atoms with E-state index in [-0.39, 0.29) is 5.41 Å². The van der Waals surface area contributed by atoms with Crippen LogP contribution in [-0.4, -0.2) is 0 Å². The van der Waals surface area contributed by atoms with Crippen molar-refractivity contribution in [3.63, 3.8) is 0 Å². The van der Waals surface area contributed by atoms with Crippen molar-refractivity contribution in [2.24, 2.45) is 0 Å². The molecule has 2 aromatic carbocycles. The average molecular weight is 284 g/mol. The van der Waals surface area contributed by atoms with Crippen molar-refractivity contribution >= 4 is 0 Å². The molecule has 0 bridgehead atoms. The smallest absolute Gasteiger partial charge is 0.0126 e. The average Bonchev–Trinajstić information content (AvgIpc) is 2.51. The minimum absolute atomic E-state index is 0.178. The molecule has 21 heavy (non-hydrogen) atoms. The van der Waals surface area contributed by atoms with E-state index in [2.05, 4.69) is 76.2 Å². The summed E-state index contributed by atoms with van der Waals surface area (Å²) in [6.07, 6.45) is 0. The van der Waals surface area contributed by atoms with Crippen molar-refractivity contribution < 1.29 is 0 Å². The molecule has 0 aromatic heterocycles. The maximum atomic E-state index is 2.31. The maximum Gasteiger partial charge on any atom is -0.0126 e. The van der Waals surface area contributed by atoms with E-state index in [9.17, 15) is 0 Å². The first-order valence-corrected chi connectivity index (χ1v) is 8.15. The van der Waals surface area contributed by atoms with Gasteiger partial charge in [-0.25, -0.2) is 0 Å². The number of hydrogen-bond donors (Lipinski definition) is 0. The molecule has 0 nitrogen and oxygen atoms in total. The van der Waals surface area contributed by atoms with Crippen LogP contribution >= 0.6 is 0 Å². The summed E-state index contributed by atoms with van der Waals surface area (Å²) in [5.74, 6) is 0. The topological polar surface area (TPSA) is 0 Å². The van der Waals surface area contributed by atoms with E-state index in [1.165, 1.54) is 22.3 Å². The standard InChI is InChI=1S/C17H20.2C2H6/c1-13-10-11-15(14-8-6-5-7-9-14)16(12-13)17(2,3)4;2*1-2/h5-12H,1-4H3;2*1-2H3. The monoisotopic (exact) mass is 284 g/mol. The fourth-order valence-electron chi connectivity index (χ4n) is 2.15. The summed E-state index contributed by atoms with van der Waals surface area (Å²) >= 11 is 0. The Morgan fingerprint density at radius 1 is 0.714 bits per heavy atom. The molecular weight excluding hydrogens is 252 g/mol. The zero-order chi connectivity index (χ0) is 16.5. The number of hydrogen-bond acceptors (Lipinski definition) is 0. The van der Waals surface area contributed by atoms with Gasteiger partial charge in [-0.2, -0.15) is 0 Å². The van der Waals surface area contributed by atoms with Gasteiger partial charge in [0, 0.05) is 0 Å². The van der Waals surface area contributed by atoms with Gasteiger partial charge in [-0.05, 0) is 29.0 Å². The first-order chi connectivity index (χ1) is 9.98. The summed E-state index contributed by atoms with van der Waals surface area (Å²) in [5.41, 5.74) is 5.58. The van der Waals surface area contributed by atoms with Crippen LogP contribution < -0.4 is 0 Å². The van der Waals surface area contributed by atoms with Crippen molar-refractivity contribution in [3.8, 4) is 11.1 Å². The molecule has 0 heterocycles. The van der Waals surface area contributed by atoms with E-state index in [0.29, 0.717) is 0 Å². The fourth-order valence-corrected chi connectivity index (χ4v) is 2.15. The van der Waals surface area contributed by atoms with E-state index < -0.39 is 0 Å². The summed E-state index contributed by atoms with van der Waals surface area (Å²) < 4.78 is 0. The Balaban J connectivity index is 0.000000921. The van der Waals surface area contributed by atoms with Crippen LogP contribution in [0, 0.1) is 6.92 Å². The van der Waals surface area contributed by atoms with Gasteiger partial charge < -0.3 is 0 Å². The van der Waals surface area contributed by atoms with Crippen molar-refractivity contribution in [2.45, 2.75) is 60.8 Å². The molecule has 0 fully saturated rings. The van der Waals surface area contributed by atoms with Crippen LogP contribution in [0.25, 0.3) is 11.1 Å². The van der Waals surface area contributed by atoms with Crippen molar-refractivity contribution in [1.82, 2.24) is 0 Å². The van der Waals surface area contributed by atoms with Crippen LogP contribution in [0.15, 0.2) is 48.5 Å². The highest BCUT2D eigenvalue weighted by atomic mass is 14.2. The molecule has 0 saturated heterocycles. The van der Waals surface area contributed by atoms with Crippen LogP contribution in [0.4, 0.5) is 0 Å². The second kappa shape index (κ2) is 9.39. The molecule has 0 aliphatic rings. The highest BCUT2D eigenvalue weighted by molar-refractivity contribution is 5.69. The van der Waals surface area contributed by atoms with Gasteiger partial charge in [0.2, 0.25) is 0 Å². The van der Waals surface area contributed by atoms with Gasteiger partial charge >= 0.3 is 0 Å². The van der Waals surface area contributed by atoms with Gasteiger partial charge in [0.15, 0.2) is 0 Å². The molecular formula is C21H32. The fraction of sp³-hybridized carbons (Fsp3) is 0.429. The van der Waals surface area contributed by atoms with Crippen LogP contribution in [-0.2, 0) is 5.41 Å².